The van der Waals surface area contributed by atoms with Crippen molar-refractivity contribution in [1.29, 1.82) is 0 Å². The second-order valence-electron chi connectivity index (χ2n) is 2.95. The van der Waals surface area contributed by atoms with Crippen LogP contribution in [-0.2, 0) is 14.3 Å². The Labute approximate surface area is 81.5 Å². The number of carboxylic acid groups (broad SMARTS) is 1. The summed E-state index contributed by atoms with van der Waals surface area (Å²) in [5.41, 5.74) is 9.83. The zero-order valence-electron chi connectivity index (χ0n) is 8.11. The smallest absolute Gasteiger partial charge is 0.335 e. The summed E-state index contributed by atoms with van der Waals surface area (Å²) in [6.07, 6.45) is -0.716. The average Bonchev–Trinajstić information content (AvgIpc) is 1.97. The molecule has 0 aromatic heterocycles. The van der Waals surface area contributed by atoms with Crippen LogP contribution in [0.5, 0.6) is 0 Å². The molecule has 0 bridgehead atoms. The van der Waals surface area contributed by atoms with Crippen molar-refractivity contribution >= 4 is 11.9 Å². The van der Waals surface area contributed by atoms with Crippen molar-refractivity contribution in [2.24, 2.45) is 11.5 Å². The van der Waals surface area contributed by atoms with Gasteiger partial charge in [0.1, 0.15) is 5.82 Å². The van der Waals surface area contributed by atoms with E-state index < -0.39 is 18.4 Å². The normalized spacial score (nSPS) is 9.64. The van der Waals surface area contributed by atoms with Crippen molar-refractivity contribution in [2.75, 3.05) is 0 Å². The fourth-order valence-electron chi connectivity index (χ4n) is 0.750. The Balaban J connectivity index is 4.42. The van der Waals surface area contributed by atoms with E-state index in [1.54, 1.807) is 13.8 Å². The van der Waals surface area contributed by atoms with Crippen molar-refractivity contribution in [3.05, 3.63) is 11.4 Å². The molecule has 14 heavy (non-hydrogen) atoms. The van der Waals surface area contributed by atoms with Gasteiger partial charge in [0.15, 0.2) is 0 Å². The highest BCUT2D eigenvalue weighted by molar-refractivity contribution is 5.93. The Kier molecular flexibility index (Phi) is 4.48. The fourth-order valence-corrected chi connectivity index (χ4v) is 0.750. The van der Waals surface area contributed by atoms with Crippen LogP contribution in [0.2, 0.25) is 0 Å². The average molecular weight is 202 g/mol. The van der Waals surface area contributed by atoms with Crippen molar-refractivity contribution in [1.82, 2.24) is 0 Å². The molecule has 0 aromatic carbocycles. The number of nitrogens with two attached hydrogens (primary N) is 2. The number of rotatable bonds is 4. The molecule has 6 nitrogen and oxygen atoms in total. The molecular formula is C8H14N2O4. The van der Waals surface area contributed by atoms with Gasteiger partial charge in [-0.3, -0.25) is 4.79 Å². The van der Waals surface area contributed by atoms with Crippen LogP contribution >= 0.6 is 0 Å². The van der Waals surface area contributed by atoms with E-state index in [0.29, 0.717) is 0 Å². The van der Waals surface area contributed by atoms with Gasteiger partial charge in [-0.2, -0.15) is 0 Å². The molecular weight excluding hydrogens is 188 g/mol. The van der Waals surface area contributed by atoms with Crippen LogP contribution in [0.1, 0.15) is 20.3 Å². The van der Waals surface area contributed by atoms with E-state index in [4.69, 9.17) is 21.3 Å². The number of ether oxygens (including phenoxy) is 1. The van der Waals surface area contributed by atoms with Gasteiger partial charge in [-0.1, -0.05) is 0 Å². The number of carboxylic acids is 1. The van der Waals surface area contributed by atoms with Gasteiger partial charge < -0.3 is 21.3 Å². The van der Waals surface area contributed by atoms with Crippen LogP contribution in [0.4, 0.5) is 0 Å². The minimum Gasteiger partial charge on any atom is -0.478 e. The molecule has 0 aliphatic rings. The third kappa shape index (κ3) is 4.34. The number of hydrogen-bond donors (Lipinski definition) is 3. The van der Waals surface area contributed by atoms with Gasteiger partial charge >= 0.3 is 11.9 Å². The van der Waals surface area contributed by atoms with Crippen molar-refractivity contribution in [3.63, 3.8) is 0 Å². The zero-order chi connectivity index (χ0) is 11.3. The predicted molar refractivity (Wildman–Crippen MR) is 48.9 cm³/mol. The lowest BCUT2D eigenvalue weighted by Crippen LogP contribution is -2.21. The van der Waals surface area contributed by atoms with Crippen LogP contribution < -0.4 is 11.5 Å². The molecule has 0 radical (unpaired) electrons. The van der Waals surface area contributed by atoms with E-state index >= 15 is 0 Å². The molecule has 0 aliphatic heterocycles. The van der Waals surface area contributed by atoms with Crippen LogP contribution in [0.25, 0.3) is 0 Å². The summed E-state index contributed by atoms with van der Waals surface area (Å²) < 4.78 is 4.73. The van der Waals surface area contributed by atoms with Crippen molar-refractivity contribution < 1.29 is 19.4 Å². The molecule has 0 fully saturated rings. The van der Waals surface area contributed by atoms with Crippen molar-refractivity contribution in [3.8, 4) is 0 Å². The zero-order valence-corrected chi connectivity index (χ0v) is 8.11. The Morgan fingerprint density at radius 1 is 1.36 bits per heavy atom. The Hall–Kier alpha value is -1.72. The topological polar surface area (TPSA) is 116 Å². The standard InChI is InChI=1S/C8H14N2O4/c1-4(2)14-6(11)3-5(7(9)10)8(12)13/h4H,3,9-10H2,1-2H3,(H,12,13). The summed E-state index contributed by atoms with van der Waals surface area (Å²) in [5, 5.41) is 8.60. The quantitative estimate of drug-likeness (QED) is 0.419. The summed E-state index contributed by atoms with van der Waals surface area (Å²) in [7, 11) is 0. The fraction of sp³-hybridized carbons (Fsp3) is 0.500. The van der Waals surface area contributed by atoms with Crippen LogP contribution in [-0.4, -0.2) is 23.1 Å². The first-order chi connectivity index (χ1) is 6.34. The second kappa shape index (κ2) is 5.11. The van der Waals surface area contributed by atoms with Gasteiger partial charge in [0.2, 0.25) is 0 Å². The summed E-state index contributed by atoms with van der Waals surface area (Å²) in [6.45, 7) is 3.32. The van der Waals surface area contributed by atoms with Gasteiger partial charge in [-0.25, -0.2) is 4.79 Å². The molecule has 0 aliphatic carbocycles. The molecule has 0 aromatic rings. The van der Waals surface area contributed by atoms with E-state index in [1.165, 1.54) is 0 Å². The predicted octanol–water partition coefficient (Wildman–Crippen LogP) is -0.458. The number of carbonyl (C=O) groups is 2. The third-order valence-electron chi connectivity index (χ3n) is 1.29. The van der Waals surface area contributed by atoms with Gasteiger partial charge in [0.05, 0.1) is 18.1 Å². The highest BCUT2D eigenvalue weighted by Gasteiger charge is 2.17. The first-order valence-corrected chi connectivity index (χ1v) is 4.01. The monoisotopic (exact) mass is 202 g/mol. The van der Waals surface area contributed by atoms with Crippen molar-refractivity contribution in [2.45, 2.75) is 26.4 Å². The molecule has 5 N–H and O–H groups in total. The second-order valence-corrected chi connectivity index (χ2v) is 2.95. The molecule has 0 rings (SSSR count). The van der Waals surface area contributed by atoms with E-state index in [9.17, 15) is 9.59 Å². The lowest BCUT2D eigenvalue weighted by molar-refractivity contribution is -0.148. The number of aliphatic carboxylic acids is 1. The van der Waals surface area contributed by atoms with E-state index in [-0.39, 0.29) is 17.5 Å². The summed E-state index contributed by atoms with van der Waals surface area (Å²) in [5.74, 6) is -2.35. The molecule has 0 heterocycles. The van der Waals surface area contributed by atoms with Gasteiger partial charge in [-0.15, -0.1) is 0 Å². The first kappa shape index (κ1) is 12.3. The summed E-state index contributed by atoms with van der Waals surface area (Å²) in [4.78, 5) is 21.6. The maximum atomic E-state index is 11.0. The van der Waals surface area contributed by atoms with Gasteiger partial charge in [0.25, 0.3) is 0 Å². The molecule has 0 spiro atoms. The number of hydrogen-bond acceptors (Lipinski definition) is 5. The van der Waals surface area contributed by atoms with Crippen LogP contribution in [0.15, 0.2) is 11.4 Å². The first-order valence-electron chi connectivity index (χ1n) is 4.01. The molecule has 6 heteroatoms. The minimum atomic E-state index is -1.31. The highest BCUT2D eigenvalue weighted by Crippen LogP contribution is 2.05. The summed E-state index contributed by atoms with van der Waals surface area (Å²) >= 11 is 0. The Morgan fingerprint density at radius 3 is 2.14 bits per heavy atom. The lowest BCUT2D eigenvalue weighted by atomic mass is 10.2. The van der Waals surface area contributed by atoms with Gasteiger partial charge in [0, 0.05) is 0 Å². The number of carbonyl (C=O) groups excluding carboxylic acids is 1. The Bertz CT molecular complexity index is 267. The number of esters is 1. The SMILES string of the molecule is CC(C)OC(=O)CC(C(=O)O)=C(N)N. The highest BCUT2D eigenvalue weighted by atomic mass is 16.5. The van der Waals surface area contributed by atoms with E-state index in [1.807, 2.05) is 0 Å². The largest absolute Gasteiger partial charge is 0.478 e. The maximum absolute atomic E-state index is 11.0. The molecule has 0 saturated heterocycles. The summed E-state index contributed by atoms with van der Waals surface area (Å²) in [6, 6.07) is 0. The molecule has 80 valence electrons. The molecule has 0 saturated carbocycles. The maximum Gasteiger partial charge on any atom is 0.335 e. The lowest BCUT2D eigenvalue weighted by Gasteiger charge is -2.08. The Morgan fingerprint density at radius 2 is 1.86 bits per heavy atom. The van der Waals surface area contributed by atoms with Crippen LogP contribution in [0.3, 0.4) is 0 Å². The van der Waals surface area contributed by atoms with Gasteiger partial charge in [-0.05, 0) is 13.8 Å². The van der Waals surface area contributed by atoms with E-state index in [0.717, 1.165) is 0 Å². The molecule has 0 unspecified atom stereocenters. The third-order valence-corrected chi connectivity index (χ3v) is 1.29. The van der Waals surface area contributed by atoms with Crippen LogP contribution in [0, 0.1) is 0 Å². The molecule has 0 amide bonds. The van der Waals surface area contributed by atoms with E-state index in [2.05, 4.69) is 0 Å². The minimum absolute atomic E-state index is 0.295. The molecule has 0 atom stereocenters.